The van der Waals surface area contributed by atoms with E-state index in [9.17, 15) is 9.90 Å². The molecule has 132 valence electrons. The van der Waals surface area contributed by atoms with E-state index in [0.29, 0.717) is 11.8 Å². The molecule has 25 heavy (non-hydrogen) atoms. The zero-order valence-corrected chi connectivity index (χ0v) is 14.5. The molecule has 0 spiro atoms. The predicted octanol–water partition coefficient (Wildman–Crippen LogP) is 2.71. The summed E-state index contributed by atoms with van der Waals surface area (Å²) in [5, 5.41) is 20.3. The number of rotatable bonds is 6. The highest BCUT2D eigenvalue weighted by Gasteiger charge is 2.37. The van der Waals surface area contributed by atoms with E-state index in [2.05, 4.69) is 27.6 Å². The fourth-order valence-electron chi connectivity index (χ4n) is 3.79. The Morgan fingerprint density at radius 3 is 2.68 bits per heavy atom. The minimum absolute atomic E-state index is 0.0320. The van der Waals surface area contributed by atoms with Crippen LogP contribution in [0.4, 0.5) is 0 Å². The Morgan fingerprint density at radius 1 is 1.32 bits per heavy atom. The molecule has 1 atom stereocenters. The molecule has 1 heterocycles. The summed E-state index contributed by atoms with van der Waals surface area (Å²) in [5.74, 6) is 0.731. The molecule has 0 bridgehead atoms. The zero-order valence-electron chi connectivity index (χ0n) is 14.5. The van der Waals surface area contributed by atoms with Gasteiger partial charge in [0.05, 0.1) is 17.4 Å². The number of aliphatic hydroxyl groups is 1. The molecule has 1 aromatic heterocycles. The second-order valence-electron chi connectivity index (χ2n) is 7.54. The number of aryl methyl sites for hydroxylation is 1. The highest BCUT2D eigenvalue weighted by Crippen LogP contribution is 2.41. The second kappa shape index (κ2) is 6.64. The number of nitrogens with one attached hydrogen (secondary N) is 2. The maximum absolute atomic E-state index is 13.0. The number of H-pyrrole nitrogens is 1. The van der Waals surface area contributed by atoms with Crippen LogP contribution in [0.25, 0.3) is 0 Å². The van der Waals surface area contributed by atoms with Crippen molar-refractivity contribution in [1.82, 2.24) is 15.5 Å². The molecule has 3 N–H and O–H groups in total. The highest BCUT2D eigenvalue weighted by atomic mass is 16.3. The van der Waals surface area contributed by atoms with Crippen LogP contribution in [0.15, 0.2) is 30.3 Å². The molecule has 5 nitrogen and oxygen atoms in total. The molecule has 0 radical (unpaired) electrons. The summed E-state index contributed by atoms with van der Waals surface area (Å²) in [4.78, 5) is 13.0. The number of hydrogen-bond donors (Lipinski definition) is 3. The van der Waals surface area contributed by atoms with Gasteiger partial charge in [-0.15, -0.1) is 0 Å². The maximum Gasteiger partial charge on any atom is 0.255 e. The highest BCUT2D eigenvalue weighted by molar-refractivity contribution is 5.97. The molecule has 2 aliphatic rings. The number of aromatic amines is 1. The van der Waals surface area contributed by atoms with E-state index in [1.165, 1.54) is 5.56 Å². The molecule has 1 amide bonds. The van der Waals surface area contributed by atoms with Crippen LogP contribution in [0.1, 0.15) is 58.9 Å². The number of aliphatic hydroxyl groups excluding tert-OH is 1. The van der Waals surface area contributed by atoms with Gasteiger partial charge < -0.3 is 10.4 Å². The first-order valence-electron chi connectivity index (χ1n) is 9.19. The van der Waals surface area contributed by atoms with Gasteiger partial charge in [0, 0.05) is 17.7 Å². The predicted molar refractivity (Wildman–Crippen MR) is 95.4 cm³/mol. The molecule has 1 aromatic carbocycles. The van der Waals surface area contributed by atoms with E-state index in [1.807, 2.05) is 25.1 Å². The number of carbonyl (C=O) groups is 1. The number of carbonyl (C=O) groups excluding carboxylic acids is 1. The van der Waals surface area contributed by atoms with Gasteiger partial charge >= 0.3 is 0 Å². The van der Waals surface area contributed by atoms with E-state index in [1.54, 1.807) is 0 Å². The van der Waals surface area contributed by atoms with Crippen LogP contribution >= 0.6 is 0 Å². The fourth-order valence-corrected chi connectivity index (χ4v) is 3.79. The molecule has 4 rings (SSSR count). The summed E-state index contributed by atoms with van der Waals surface area (Å²) in [7, 11) is 0. The van der Waals surface area contributed by atoms with Gasteiger partial charge in [0.1, 0.15) is 0 Å². The van der Waals surface area contributed by atoms with E-state index < -0.39 is 0 Å². The second-order valence-corrected chi connectivity index (χ2v) is 7.54. The van der Waals surface area contributed by atoms with Crippen LogP contribution in [0.2, 0.25) is 0 Å². The molecule has 2 saturated carbocycles. The lowest BCUT2D eigenvalue weighted by atomic mass is 9.75. The Hall–Kier alpha value is -2.14. The third-order valence-corrected chi connectivity index (χ3v) is 5.50. The maximum atomic E-state index is 13.0. The normalized spacial score (nSPS) is 23.8. The summed E-state index contributed by atoms with van der Waals surface area (Å²) < 4.78 is 0. The number of hydrogen-bond acceptors (Lipinski definition) is 3. The van der Waals surface area contributed by atoms with Gasteiger partial charge in [-0.1, -0.05) is 30.3 Å². The molecule has 5 heteroatoms. The molecule has 0 saturated heterocycles. The van der Waals surface area contributed by atoms with Gasteiger partial charge in [-0.3, -0.25) is 9.89 Å². The Kier molecular flexibility index (Phi) is 4.34. The summed E-state index contributed by atoms with van der Waals surface area (Å²) in [6.45, 7) is 1.91. The van der Waals surface area contributed by atoms with Crippen molar-refractivity contribution in [2.45, 2.75) is 57.1 Å². The molecule has 0 unspecified atom stereocenters. The summed E-state index contributed by atoms with van der Waals surface area (Å²) in [6, 6.07) is 10.3. The van der Waals surface area contributed by atoms with Crippen LogP contribution in [0.5, 0.6) is 0 Å². The summed E-state index contributed by atoms with van der Waals surface area (Å²) in [6.07, 6.45) is 4.33. The van der Waals surface area contributed by atoms with Crippen LogP contribution < -0.4 is 5.32 Å². The van der Waals surface area contributed by atoms with E-state index in [-0.39, 0.29) is 18.1 Å². The summed E-state index contributed by atoms with van der Waals surface area (Å²) >= 11 is 0. The van der Waals surface area contributed by atoms with Crippen LogP contribution in [-0.2, 0) is 6.42 Å². The number of benzene rings is 1. The molecule has 2 aliphatic carbocycles. The topological polar surface area (TPSA) is 78.0 Å². The van der Waals surface area contributed by atoms with Crippen molar-refractivity contribution in [3.63, 3.8) is 0 Å². The van der Waals surface area contributed by atoms with Crippen molar-refractivity contribution in [1.29, 1.82) is 0 Å². The third kappa shape index (κ3) is 3.47. The molecular weight excluding hydrogens is 314 g/mol. The van der Waals surface area contributed by atoms with Crippen molar-refractivity contribution < 1.29 is 9.90 Å². The smallest absolute Gasteiger partial charge is 0.255 e. The number of aromatic nitrogens is 2. The average molecular weight is 339 g/mol. The zero-order chi connectivity index (χ0) is 17.4. The van der Waals surface area contributed by atoms with Crippen molar-refractivity contribution in [3.8, 4) is 0 Å². The first-order chi connectivity index (χ1) is 12.1. The lowest BCUT2D eigenvalue weighted by Gasteiger charge is -2.38. The first-order valence-corrected chi connectivity index (χ1v) is 9.19. The summed E-state index contributed by atoms with van der Waals surface area (Å²) in [5.41, 5.74) is 3.69. The lowest BCUT2D eigenvalue weighted by molar-refractivity contribution is 0.0239. The van der Waals surface area contributed by atoms with Gasteiger partial charge in [0.25, 0.3) is 5.91 Å². The Morgan fingerprint density at radius 2 is 2.04 bits per heavy atom. The first kappa shape index (κ1) is 16.3. The van der Waals surface area contributed by atoms with Crippen molar-refractivity contribution >= 4 is 5.91 Å². The largest absolute Gasteiger partial charge is 0.393 e. The SMILES string of the molecule is Cc1[nH]nc(C2CC2)c1C(=O)N[C@H](Cc1ccccc1)C1CC(O)C1. The fraction of sp³-hybridized carbons (Fsp3) is 0.500. The van der Waals surface area contributed by atoms with E-state index in [4.69, 9.17) is 0 Å². The van der Waals surface area contributed by atoms with Crippen LogP contribution in [0.3, 0.4) is 0 Å². The number of amides is 1. The minimum atomic E-state index is -0.224. The van der Waals surface area contributed by atoms with Gasteiger partial charge in [0.15, 0.2) is 0 Å². The Bertz CT molecular complexity index is 746. The monoisotopic (exact) mass is 339 g/mol. The standard InChI is InChI=1S/C20H25N3O2/c1-12-18(19(23-22-12)14-7-8-14)20(25)21-17(15-10-16(24)11-15)9-13-5-3-2-4-6-13/h2-6,14-17,24H,7-11H2,1H3,(H,21,25)(H,22,23)/t15?,16?,17-/m1/s1. The van der Waals surface area contributed by atoms with Crippen molar-refractivity contribution in [2.75, 3.05) is 0 Å². The van der Waals surface area contributed by atoms with E-state index in [0.717, 1.165) is 49.1 Å². The van der Waals surface area contributed by atoms with Gasteiger partial charge in [0.2, 0.25) is 0 Å². The third-order valence-electron chi connectivity index (χ3n) is 5.50. The van der Waals surface area contributed by atoms with Crippen LogP contribution in [0, 0.1) is 12.8 Å². The lowest BCUT2D eigenvalue weighted by Crippen LogP contribution is -2.48. The average Bonchev–Trinajstić information content (AvgIpc) is 3.34. The van der Waals surface area contributed by atoms with Crippen LogP contribution in [-0.4, -0.2) is 33.4 Å². The van der Waals surface area contributed by atoms with Crippen molar-refractivity contribution in [3.05, 3.63) is 52.8 Å². The Labute approximate surface area is 147 Å². The quantitative estimate of drug-likeness (QED) is 0.757. The minimum Gasteiger partial charge on any atom is -0.393 e. The van der Waals surface area contributed by atoms with Gasteiger partial charge in [-0.05, 0) is 50.5 Å². The Balaban J connectivity index is 1.52. The molecular formula is C20H25N3O2. The van der Waals surface area contributed by atoms with Crippen molar-refractivity contribution in [2.24, 2.45) is 5.92 Å². The van der Waals surface area contributed by atoms with Gasteiger partial charge in [-0.25, -0.2) is 0 Å². The molecule has 0 aliphatic heterocycles. The number of nitrogens with zero attached hydrogens (tertiary/aromatic N) is 1. The molecule has 2 aromatic rings. The van der Waals surface area contributed by atoms with Gasteiger partial charge in [-0.2, -0.15) is 5.10 Å². The molecule has 2 fully saturated rings. The van der Waals surface area contributed by atoms with E-state index >= 15 is 0 Å².